The van der Waals surface area contributed by atoms with E-state index in [-0.39, 0.29) is 0 Å². The Morgan fingerprint density at radius 3 is 2.68 bits per heavy atom. The summed E-state index contributed by atoms with van der Waals surface area (Å²) in [6, 6.07) is 7.74. The quantitative estimate of drug-likeness (QED) is 0.788. The second-order valence-corrected chi connectivity index (χ2v) is 5.02. The van der Waals surface area contributed by atoms with Gasteiger partial charge in [0.15, 0.2) is 0 Å². The van der Waals surface area contributed by atoms with Crippen molar-refractivity contribution in [3.63, 3.8) is 0 Å². The van der Waals surface area contributed by atoms with E-state index in [9.17, 15) is 0 Å². The SMILES string of the molecule is CCCC(CCCl)CNc1nnc2ccccc2n1. The number of nitrogens with one attached hydrogen (secondary N) is 1. The Bertz CT molecular complexity index is 512. The first-order chi connectivity index (χ1) is 9.33. The molecular formula is C14H19ClN4. The van der Waals surface area contributed by atoms with Crippen molar-refractivity contribution in [2.75, 3.05) is 17.7 Å². The third kappa shape index (κ3) is 4.03. The van der Waals surface area contributed by atoms with Crippen LogP contribution in [0.3, 0.4) is 0 Å². The van der Waals surface area contributed by atoms with Crippen LogP contribution in [-0.4, -0.2) is 27.6 Å². The van der Waals surface area contributed by atoms with Crippen LogP contribution in [0, 0.1) is 5.92 Å². The van der Waals surface area contributed by atoms with E-state index in [1.165, 1.54) is 12.8 Å². The first-order valence-electron chi connectivity index (χ1n) is 6.72. The number of alkyl halides is 1. The van der Waals surface area contributed by atoms with E-state index in [0.29, 0.717) is 17.7 Å². The maximum Gasteiger partial charge on any atom is 0.243 e. The molecule has 1 unspecified atom stereocenters. The summed E-state index contributed by atoms with van der Waals surface area (Å²) in [5, 5.41) is 11.5. The highest BCUT2D eigenvalue weighted by molar-refractivity contribution is 6.17. The fourth-order valence-electron chi connectivity index (χ4n) is 2.10. The Morgan fingerprint density at radius 1 is 1.16 bits per heavy atom. The molecular weight excluding hydrogens is 260 g/mol. The van der Waals surface area contributed by atoms with Crippen LogP contribution < -0.4 is 5.32 Å². The minimum absolute atomic E-state index is 0.567. The maximum atomic E-state index is 5.82. The molecule has 1 heterocycles. The van der Waals surface area contributed by atoms with Crippen LogP contribution in [0.4, 0.5) is 5.95 Å². The van der Waals surface area contributed by atoms with Crippen molar-refractivity contribution in [3.8, 4) is 0 Å². The molecule has 0 amide bonds. The lowest BCUT2D eigenvalue weighted by Gasteiger charge is -2.15. The molecule has 0 spiro atoms. The van der Waals surface area contributed by atoms with Crippen molar-refractivity contribution >= 4 is 28.6 Å². The van der Waals surface area contributed by atoms with Crippen LogP contribution in [0.15, 0.2) is 24.3 Å². The lowest BCUT2D eigenvalue weighted by molar-refractivity contribution is 0.489. The number of halogens is 1. The molecule has 0 radical (unpaired) electrons. The molecule has 102 valence electrons. The standard InChI is InChI=1S/C14H19ClN4/c1-2-5-11(8-9-15)10-16-14-17-12-6-3-4-7-13(12)18-19-14/h3-4,6-7,11H,2,5,8-10H2,1H3,(H,16,17,19). The zero-order valence-electron chi connectivity index (χ0n) is 11.1. The Kier molecular flexibility index (Phi) is 5.33. The van der Waals surface area contributed by atoms with Crippen LogP contribution in [0.25, 0.3) is 11.0 Å². The number of anilines is 1. The third-order valence-electron chi connectivity index (χ3n) is 3.12. The largest absolute Gasteiger partial charge is 0.353 e. The van der Waals surface area contributed by atoms with Gasteiger partial charge in [-0.05, 0) is 30.9 Å². The molecule has 19 heavy (non-hydrogen) atoms. The van der Waals surface area contributed by atoms with Gasteiger partial charge < -0.3 is 5.32 Å². The number of nitrogens with zero attached hydrogens (tertiary/aromatic N) is 3. The van der Waals surface area contributed by atoms with Gasteiger partial charge in [0.2, 0.25) is 5.95 Å². The molecule has 2 aromatic rings. The van der Waals surface area contributed by atoms with E-state index >= 15 is 0 Å². The molecule has 1 aromatic heterocycles. The van der Waals surface area contributed by atoms with Crippen molar-refractivity contribution in [1.29, 1.82) is 0 Å². The summed E-state index contributed by atoms with van der Waals surface area (Å²) in [7, 11) is 0. The molecule has 0 aliphatic carbocycles. The number of para-hydroxylation sites is 1. The molecule has 0 fully saturated rings. The van der Waals surface area contributed by atoms with Gasteiger partial charge in [0, 0.05) is 12.4 Å². The first-order valence-corrected chi connectivity index (χ1v) is 7.26. The van der Waals surface area contributed by atoms with Gasteiger partial charge >= 0.3 is 0 Å². The van der Waals surface area contributed by atoms with E-state index in [0.717, 1.165) is 24.0 Å². The van der Waals surface area contributed by atoms with Crippen LogP contribution in [-0.2, 0) is 0 Å². The average Bonchev–Trinajstić information content (AvgIpc) is 2.45. The minimum atomic E-state index is 0.567. The highest BCUT2D eigenvalue weighted by Crippen LogP contribution is 2.14. The molecule has 0 bridgehead atoms. The zero-order valence-corrected chi connectivity index (χ0v) is 11.9. The number of rotatable bonds is 7. The molecule has 0 aliphatic heterocycles. The monoisotopic (exact) mass is 278 g/mol. The van der Waals surface area contributed by atoms with Gasteiger partial charge in [-0.25, -0.2) is 4.98 Å². The van der Waals surface area contributed by atoms with Crippen LogP contribution in [0.5, 0.6) is 0 Å². The molecule has 1 aromatic carbocycles. The molecule has 0 aliphatic rings. The number of hydrogen-bond acceptors (Lipinski definition) is 4. The number of aromatic nitrogens is 3. The lowest BCUT2D eigenvalue weighted by Crippen LogP contribution is -2.16. The predicted molar refractivity (Wildman–Crippen MR) is 79.6 cm³/mol. The molecule has 1 atom stereocenters. The van der Waals surface area contributed by atoms with Crippen molar-refractivity contribution in [1.82, 2.24) is 15.2 Å². The zero-order chi connectivity index (χ0) is 13.5. The summed E-state index contributed by atoms with van der Waals surface area (Å²) in [4.78, 5) is 4.45. The Hall–Kier alpha value is -1.42. The number of benzene rings is 1. The molecule has 0 saturated carbocycles. The van der Waals surface area contributed by atoms with Gasteiger partial charge in [0.05, 0.1) is 5.52 Å². The predicted octanol–water partition coefficient (Wildman–Crippen LogP) is 3.48. The molecule has 5 heteroatoms. The average molecular weight is 279 g/mol. The van der Waals surface area contributed by atoms with Gasteiger partial charge in [-0.1, -0.05) is 25.5 Å². The summed E-state index contributed by atoms with van der Waals surface area (Å²) in [5.74, 6) is 1.86. The van der Waals surface area contributed by atoms with Crippen molar-refractivity contribution in [3.05, 3.63) is 24.3 Å². The number of hydrogen-bond donors (Lipinski definition) is 1. The van der Waals surface area contributed by atoms with Crippen molar-refractivity contribution in [2.24, 2.45) is 5.92 Å². The van der Waals surface area contributed by atoms with Crippen molar-refractivity contribution in [2.45, 2.75) is 26.2 Å². The van der Waals surface area contributed by atoms with Gasteiger partial charge in [-0.15, -0.1) is 21.8 Å². The summed E-state index contributed by atoms with van der Waals surface area (Å²) in [6.07, 6.45) is 3.35. The first kappa shape index (κ1) is 14.0. The van der Waals surface area contributed by atoms with Crippen LogP contribution in [0.1, 0.15) is 26.2 Å². The van der Waals surface area contributed by atoms with Gasteiger partial charge in [0.25, 0.3) is 0 Å². The minimum Gasteiger partial charge on any atom is -0.353 e. The second kappa shape index (κ2) is 7.24. The summed E-state index contributed by atoms with van der Waals surface area (Å²) < 4.78 is 0. The van der Waals surface area contributed by atoms with Crippen molar-refractivity contribution < 1.29 is 0 Å². The third-order valence-corrected chi connectivity index (χ3v) is 3.34. The summed E-state index contributed by atoms with van der Waals surface area (Å²) in [6.45, 7) is 3.04. The van der Waals surface area contributed by atoms with Crippen LogP contribution >= 0.6 is 11.6 Å². The van der Waals surface area contributed by atoms with E-state index in [1.54, 1.807) is 0 Å². The van der Waals surface area contributed by atoms with E-state index in [4.69, 9.17) is 11.6 Å². The highest BCUT2D eigenvalue weighted by Gasteiger charge is 2.08. The summed E-state index contributed by atoms with van der Waals surface area (Å²) >= 11 is 5.82. The Balaban J connectivity index is 2.00. The van der Waals surface area contributed by atoms with Gasteiger partial charge in [-0.2, -0.15) is 0 Å². The van der Waals surface area contributed by atoms with E-state index in [2.05, 4.69) is 27.4 Å². The van der Waals surface area contributed by atoms with Crippen LogP contribution in [0.2, 0.25) is 0 Å². The van der Waals surface area contributed by atoms with E-state index in [1.807, 2.05) is 24.3 Å². The highest BCUT2D eigenvalue weighted by atomic mass is 35.5. The normalized spacial score (nSPS) is 12.5. The summed E-state index contributed by atoms with van der Waals surface area (Å²) in [5.41, 5.74) is 1.68. The van der Waals surface area contributed by atoms with Gasteiger partial charge in [0.1, 0.15) is 5.52 Å². The molecule has 4 nitrogen and oxygen atoms in total. The van der Waals surface area contributed by atoms with E-state index < -0.39 is 0 Å². The maximum absolute atomic E-state index is 5.82. The Morgan fingerprint density at radius 2 is 1.95 bits per heavy atom. The second-order valence-electron chi connectivity index (χ2n) is 4.64. The molecule has 2 rings (SSSR count). The fourth-order valence-corrected chi connectivity index (χ4v) is 2.41. The lowest BCUT2D eigenvalue weighted by atomic mass is 10.0. The molecule has 1 N–H and O–H groups in total. The smallest absolute Gasteiger partial charge is 0.243 e. The molecule has 0 saturated heterocycles. The Labute approximate surface area is 118 Å². The number of fused-ring (bicyclic) bond motifs is 1. The van der Waals surface area contributed by atoms with Gasteiger partial charge in [-0.3, -0.25) is 0 Å². The fraction of sp³-hybridized carbons (Fsp3) is 0.500. The topological polar surface area (TPSA) is 50.7 Å².